The zero-order chi connectivity index (χ0) is 12.3. The Bertz CT molecular complexity index is 505. The summed E-state index contributed by atoms with van der Waals surface area (Å²) in [5.74, 6) is -0.203. The first kappa shape index (κ1) is 11.8. The average molecular weight is 233 g/mol. The maximum Gasteiger partial charge on any atom is 0.128 e. The van der Waals surface area contributed by atoms with E-state index in [1.165, 1.54) is 6.07 Å². The van der Waals surface area contributed by atoms with Crippen molar-refractivity contribution in [2.75, 3.05) is 6.54 Å². The largest absolute Gasteiger partial charge is 0.311 e. The van der Waals surface area contributed by atoms with Gasteiger partial charge >= 0.3 is 0 Å². The highest BCUT2D eigenvalue weighted by Gasteiger charge is 2.06. The second-order valence-electron chi connectivity index (χ2n) is 3.92. The average Bonchev–Trinajstić information content (AvgIpc) is 2.78. The lowest BCUT2D eigenvalue weighted by atomic mass is 10.2. The minimum absolute atomic E-state index is 0.203. The summed E-state index contributed by atoms with van der Waals surface area (Å²) in [6, 6.07) is 6.96. The summed E-state index contributed by atoms with van der Waals surface area (Å²) in [4.78, 5) is 0. The standard InChI is InChI=1S/C13H16FN3/c1-3-15-9-11-7-8-17(16-11)13-6-4-5-12(14)10(13)2/h4-8,15H,3,9H2,1-2H3. The first-order chi connectivity index (χ1) is 8.22. The molecule has 0 bridgehead atoms. The molecule has 0 aliphatic rings. The van der Waals surface area contributed by atoms with Gasteiger partial charge in [0.05, 0.1) is 11.4 Å². The van der Waals surface area contributed by atoms with E-state index in [4.69, 9.17) is 0 Å². The molecule has 0 saturated carbocycles. The summed E-state index contributed by atoms with van der Waals surface area (Å²) in [5.41, 5.74) is 2.36. The van der Waals surface area contributed by atoms with Crippen LogP contribution in [0.25, 0.3) is 5.69 Å². The topological polar surface area (TPSA) is 29.9 Å². The predicted octanol–water partition coefficient (Wildman–Crippen LogP) is 2.43. The summed E-state index contributed by atoms with van der Waals surface area (Å²) in [7, 11) is 0. The van der Waals surface area contributed by atoms with Crippen molar-refractivity contribution in [3.63, 3.8) is 0 Å². The summed E-state index contributed by atoms with van der Waals surface area (Å²) in [5, 5.41) is 7.61. The van der Waals surface area contributed by atoms with E-state index in [2.05, 4.69) is 10.4 Å². The molecule has 2 aromatic rings. The van der Waals surface area contributed by atoms with Gasteiger partial charge in [0.15, 0.2) is 0 Å². The SMILES string of the molecule is CCNCc1ccn(-c2cccc(F)c2C)n1. The second kappa shape index (κ2) is 5.10. The molecule has 90 valence electrons. The number of hydrogen-bond acceptors (Lipinski definition) is 2. The van der Waals surface area contributed by atoms with Crippen LogP contribution in [-0.4, -0.2) is 16.3 Å². The minimum Gasteiger partial charge on any atom is -0.311 e. The first-order valence-electron chi connectivity index (χ1n) is 5.73. The summed E-state index contributed by atoms with van der Waals surface area (Å²) < 4.78 is 15.1. The lowest BCUT2D eigenvalue weighted by Crippen LogP contribution is -2.12. The Kier molecular flexibility index (Phi) is 3.54. The normalized spacial score (nSPS) is 10.8. The highest BCUT2D eigenvalue weighted by atomic mass is 19.1. The van der Waals surface area contributed by atoms with E-state index < -0.39 is 0 Å². The zero-order valence-electron chi connectivity index (χ0n) is 10.1. The Morgan fingerprint density at radius 2 is 2.18 bits per heavy atom. The van der Waals surface area contributed by atoms with Crippen LogP contribution in [0.1, 0.15) is 18.2 Å². The van der Waals surface area contributed by atoms with Gasteiger partial charge in [-0.15, -0.1) is 0 Å². The fraction of sp³-hybridized carbons (Fsp3) is 0.308. The second-order valence-corrected chi connectivity index (χ2v) is 3.92. The van der Waals surface area contributed by atoms with E-state index in [0.717, 1.165) is 24.5 Å². The molecule has 0 atom stereocenters. The van der Waals surface area contributed by atoms with Crippen LogP contribution in [0.15, 0.2) is 30.5 Å². The Morgan fingerprint density at radius 3 is 2.94 bits per heavy atom. The Balaban J connectivity index is 2.27. The lowest BCUT2D eigenvalue weighted by Gasteiger charge is -2.06. The summed E-state index contributed by atoms with van der Waals surface area (Å²) in [6.07, 6.45) is 1.86. The molecular weight excluding hydrogens is 217 g/mol. The third-order valence-corrected chi connectivity index (χ3v) is 2.69. The predicted molar refractivity (Wildman–Crippen MR) is 65.6 cm³/mol. The van der Waals surface area contributed by atoms with Crippen LogP contribution in [0.4, 0.5) is 4.39 Å². The maximum atomic E-state index is 13.4. The van der Waals surface area contributed by atoms with Gasteiger partial charge in [0.25, 0.3) is 0 Å². The van der Waals surface area contributed by atoms with Crippen molar-refractivity contribution in [2.24, 2.45) is 0 Å². The number of aromatic nitrogens is 2. The number of benzene rings is 1. The quantitative estimate of drug-likeness (QED) is 0.879. The van der Waals surface area contributed by atoms with E-state index >= 15 is 0 Å². The minimum atomic E-state index is -0.203. The van der Waals surface area contributed by atoms with E-state index in [1.54, 1.807) is 17.7 Å². The van der Waals surface area contributed by atoms with Gasteiger partial charge < -0.3 is 5.32 Å². The van der Waals surface area contributed by atoms with Crippen molar-refractivity contribution in [1.29, 1.82) is 0 Å². The molecule has 0 amide bonds. The van der Waals surface area contributed by atoms with E-state index in [9.17, 15) is 4.39 Å². The van der Waals surface area contributed by atoms with Crippen molar-refractivity contribution in [2.45, 2.75) is 20.4 Å². The lowest BCUT2D eigenvalue weighted by molar-refractivity contribution is 0.614. The molecule has 3 nitrogen and oxygen atoms in total. The third kappa shape index (κ3) is 2.53. The van der Waals surface area contributed by atoms with Crippen LogP contribution < -0.4 is 5.32 Å². The Labute approximate surface area is 100 Å². The molecule has 2 rings (SSSR count). The van der Waals surface area contributed by atoms with Crippen molar-refractivity contribution < 1.29 is 4.39 Å². The summed E-state index contributed by atoms with van der Waals surface area (Å²) >= 11 is 0. The molecule has 1 aromatic heterocycles. The van der Waals surface area contributed by atoms with Crippen LogP contribution in [0.5, 0.6) is 0 Å². The van der Waals surface area contributed by atoms with Gasteiger partial charge in [-0.2, -0.15) is 5.10 Å². The molecule has 0 saturated heterocycles. The molecule has 1 N–H and O–H groups in total. The Hall–Kier alpha value is -1.68. The molecule has 0 radical (unpaired) electrons. The van der Waals surface area contributed by atoms with Crippen LogP contribution in [0, 0.1) is 12.7 Å². The third-order valence-electron chi connectivity index (χ3n) is 2.69. The number of hydrogen-bond donors (Lipinski definition) is 1. The molecular formula is C13H16FN3. The molecule has 0 aliphatic carbocycles. The van der Waals surface area contributed by atoms with Gasteiger partial charge in [0.1, 0.15) is 5.82 Å². The Morgan fingerprint density at radius 1 is 1.35 bits per heavy atom. The molecule has 1 aromatic carbocycles. The van der Waals surface area contributed by atoms with Gasteiger partial charge in [-0.3, -0.25) is 0 Å². The molecule has 0 unspecified atom stereocenters. The highest BCUT2D eigenvalue weighted by Crippen LogP contribution is 2.16. The van der Waals surface area contributed by atoms with Crippen molar-refractivity contribution in [3.05, 3.63) is 47.5 Å². The van der Waals surface area contributed by atoms with E-state index in [1.807, 2.05) is 25.3 Å². The van der Waals surface area contributed by atoms with Crippen LogP contribution >= 0.6 is 0 Å². The maximum absolute atomic E-state index is 13.4. The highest BCUT2D eigenvalue weighted by molar-refractivity contribution is 5.40. The van der Waals surface area contributed by atoms with Gasteiger partial charge in [0.2, 0.25) is 0 Å². The number of nitrogens with one attached hydrogen (secondary N) is 1. The van der Waals surface area contributed by atoms with E-state index in [-0.39, 0.29) is 5.82 Å². The number of rotatable bonds is 4. The molecule has 0 aliphatic heterocycles. The first-order valence-corrected chi connectivity index (χ1v) is 5.73. The zero-order valence-corrected chi connectivity index (χ0v) is 10.1. The van der Waals surface area contributed by atoms with Crippen molar-refractivity contribution >= 4 is 0 Å². The fourth-order valence-corrected chi connectivity index (χ4v) is 1.69. The monoisotopic (exact) mass is 233 g/mol. The fourth-order valence-electron chi connectivity index (χ4n) is 1.69. The van der Waals surface area contributed by atoms with Crippen LogP contribution in [0.3, 0.4) is 0 Å². The van der Waals surface area contributed by atoms with Crippen molar-refractivity contribution in [1.82, 2.24) is 15.1 Å². The van der Waals surface area contributed by atoms with Gasteiger partial charge in [-0.05, 0) is 31.7 Å². The van der Waals surface area contributed by atoms with Gasteiger partial charge in [-0.1, -0.05) is 13.0 Å². The molecule has 0 spiro atoms. The number of nitrogens with zero attached hydrogens (tertiary/aromatic N) is 2. The molecule has 0 fully saturated rings. The van der Waals surface area contributed by atoms with Gasteiger partial charge in [-0.25, -0.2) is 9.07 Å². The van der Waals surface area contributed by atoms with Gasteiger partial charge in [0, 0.05) is 18.3 Å². The van der Waals surface area contributed by atoms with Crippen LogP contribution in [0.2, 0.25) is 0 Å². The van der Waals surface area contributed by atoms with Crippen molar-refractivity contribution in [3.8, 4) is 5.69 Å². The molecule has 17 heavy (non-hydrogen) atoms. The molecule has 4 heteroatoms. The smallest absolute Gasteiger partial charge is 0.128 e. The van der Waals surface area contributed by atoms with Crippen LogP contribution in [-0.2, 0) is 6.54 Å². The molecule has 1 heterocycles. The summed E-state index contributed by atoms with van der Waals surface area (Å²) in [6.45, 7) is 5.45. The van der Waals surface area contributed by atoms with E-state index in [0.29, 0.717) is 5.56 Å². The number of halogens is 1.